The molecule has 3 nitrogen and oxygen atoms in total. The average Bonchev–Trinajstić information content (AvgIpc) is 2.85. The van der Waals surface area contributed by atoms with Crippen LogP contribution in [-0.2, 0) is 6.42 Å². The molecule has 0 fully saturated rings. The molecule has 0 aliphatic carbocycles. The van der Waals surface area contributed by atoms with Gasteiger partial charge < -0.3 is 5.32 Å². The van der Waals surface area contributed by atoms with Crippen molar-refractivity contribution in [3.63, 3.8) is 0 Å². The Kier molecular flexibility index (Phi) is 5.86. The van der Waals surface area contributed by atoms with E-state index >= 15 is 0 Å². The zero-order valence-corrected chi connectivity index (χ0v) is 12.7. The van der Waals surface area contributed by atoms with Crippen LogP contribution in [0.3, 0.4) is 0 Å². The van der Waals surface area contributed by atoms with Gasteiger partial charge in [-0.1, -0.05) is 20.8 Å². The summed E-state index contributed by atoms with van der Waals surface area (Å²) in [5, 5.41) is 8.07. The second kappa shape index (κ2) is 6.93. The largest absolute Gasteiger partial charge is 0.319 e. The minimum Gasteiger partial charge on any atom is -0.319 e. The van der Waals surface area contributed by atoms with Gasteiger partial charge in [0.05, 0.1) is 5.69 Å². The van der Waals surface area contributed by atoms with Crippen molar-refractivity contribution in [3.8, 4) is 0 Å². The third kappa shape index (κ3) is 3.58. The van der Waals surface area contributed by atoms with E-state index in [-0.39, 0.29) is 0 Å². The molecule has 1 heterocycles. The lowest BCUT2D eigenvalue weighted by molar-refractivity contribution is 0.249. The monoisotopic (exact) mass is 251 g/mol. The molecule has 1 N–H and O–H groups in total. The zero-order chi connectivity index (χ0) is 13.6. The maximum Gasteiger partial charge on any atom is 0.0630 e. The number of aromatic nitrogens is 2. The molecule has 1 unspecified atom stereocenters. The molecule has 1 aromatic rings. The van der Waals surface area contributed by atoms with Crippen LogP contribution >= 0.6 is 0 Å². The first-order valence-electron chi connectivity index (χ1n) is 7.29. The summed E-state index contributed by atoms with van der Waals surface area (Å²) >= 11 is 0. The normalized spacial score (nSPS) is 13.8. The summed E-state index contributed by atoms with van der Waals surface area (Å²) in [5.41, 5.74) is 1.58. The van der Waals surface area contributed by atoms with Gasteiger partial charge in [-0.25, -0.2) is 0 Å². The maximum atomic E-state index is 4.73. The number of hydrogen-bond donors (Lipinski definition) is 1. The Hall–Kier alpha value is -0.830. The van der Waals surface area contributed by atoms with E-state index in [0.717, 1.165) is 19.4 Å². The molecule has 0 spiro atoms. The zero-order valence-electron chi connectivity index (χ0n) is 12.7. The molecule has 3 heteroatoms. The van der Waals surface area contributed by atoms with Crippen LogP contribution in [0.1, 0.15) is 58.7 Å². The van der Waals surface area contributed by atoms with Gasteiger partial charge in [-0.2, -0.15) is 5.10 Å². The minimum atomic E-state index is 0.351. The Balaban J connectivity index is 2.78. The average molecular weight is 251 g/mol. The summed E-state index contributed by atoms with van der Waals surface area (Å²) in [7, 11) is 2.04. The Morgan fingerprint density at radius 1 is 1.33 bits per heavy atom. The van der Waals surface area contributed by atoms with E-state index in [1.165, 1.54) is 18.5 Å². The van der Waals surface area contributed by atoms with Crippen LogP contribution in [-0.4, -0.2) is 23.4 Å². The maximum absolute atomic E-state index is 4.73. The van der Waals surface area contributed by atoms with Crippen molar-refractivity contribution >= 4 is 0 Å². The van der Waals surface area contributed by atoms with Gasteiger partial charge in [0, 0.05) is 18.8 Å². The molecule has 0 radical (unpaired) electrons. The number of nitrogens with one attached hydrogen (secondary N) is 1. The smallest absolute Gasteiger partial charge is 0.0630 e. The highest BCUT2D eigenvalue weighted by atomic mass is 15.3. The van der Waals surface area contributed by atoms with Crippen LogP contribution in [0.25, 0.3) is 0 Å². The summed E-state index contributed by atoms with van der Waals surface area (Å²) in [5.74, 6) is 0. The van der Waals surface area contributed by atoms with Crippen LogP contribution in [0.5, 0.6) is 0 Å². The number of hydrogen-bond acceptors (Lipinski definition) is 2. The van der Waals surface area contributed by atoms with Crippen LogP contribution in [0.2, 0.25) is 0 Å². The van der Waals surface area contributed by atoms with Crippen molar-refractivity contribution in [2.24, 2.45) is 5.41 Å². The van der Waals surface area contributed by atoms with E-state index in [1.54, 1.807) is 0 Å². The fourth-order valence-electron chi connectivity index (χ4n) is 2.48. The SMILES string of the molecule is CCC(C)n1ccc(CC(CC)(CC)CNC)n1. The van der Waals surface area contributed by atoms with E-state index in [4.69, 9.17) is 5.10 Å². The molecule has 18 heavy (non-hydrogen) atoms. The van der Waals surface area contributed by atoms with Gasteiger partial charge in [-0.05, 0) is 51.1 Å². The first kappa shape index (κ1) is 15.2. The third-order valence-corrected chi connectivity index (χ3v) is 4.31. The van der Waals surface area contributed by atoms with Gasteiger partial charge in [0.1, 0.15) is 0 Å². The second-order valence-corrected chi connectivity index (χ2v) is 5.46. The number of rotatable bonds is 8. The van der Waals surface area contributed by atoms with Crippen molar-refractivity contribution in [3.05, 3.63) is 18.0 Å². The highest BCUT2D eigenvalue weighted by molar-refractivity contribution is 5.04. The minimum absolute atomic E-state index is 0.351. The van der Waals surface area contributed by atoms with Gasteiger partial charge in [-0.15, -0.1) is 0 Å². The van der Waals surface area contributed by atoms with Gasteiger partial charge in [0.2, 0.25) is 0 Å². The lowest BCUT2D eigenvalue weighted by Crippen LogP contribution is -2.33. The summed E-state index contributed by atoms with van der Waals surface area (Å²) in [6.45, 7) is 10.1. The molecule has 0 aliphatic rings. The lowest BCUT2D eigenvalue weighted by Gasteiger charge is -2.30. The molecule has 0 aliphatic heterocycles. The Bertz CT molecular complexity index is 339. The topological polar surface area (TPSA) is 29.9 Å². The Morgan fingerprint density at radius 2 is 2.00 bits per heavy atom. The van der Waals surface area contributed by atoms with Gasteiger partial charge in [0.15, 0.2) is 0 Å². The van der Waals surface area contributed by atoms with E-state index in [9.17, 15) is 0 Å². The first-order valence-corrected chi connectivity index (χ1v) is 7.29. The van der Waals surface area contributed by atoms with Crippen molar-refractivity contribution < 1.29 is 0 Å². The van der Waals surface area contributed by atoms with Crippen molar-refractivity contribution in [1.29, 1.82) is 0 Å². The third-order valence-electron chi connectivity index (χ3n) is 4.31. The molecular formula is C15H29N3. The van der Waals surface area contributed by atoms with Gasteiger partial charge in [0.25, 0.3) is 0 Å². The molecule has 1 aromatic heterocycles. The molecule has 0 saturated carbocycles. The van der Waals surface area contributed by atoms with Crippen LogP contribution < -0.4 is 5.32 Å². The standard InChI is InChI=1S/C15H29N3/c1-6-13(4)18-10-9-14(17-18)11-15(7-2,8-3)12-16-5/h9-10,13,16H,6-8,11-12H2,1-5H3. The number of nitrogens with zero attached hydrogens (tertiary/aromatic N) is 2. The molecular weight excluding hydrogens is 222 g/mol. The summed E-state index contributed by atoms with van der Waals surface area (Å²) in [4.78, 5) is 0. The highest BCUT2D eigenvalue weighted by Gasteiger charge is 2.26. The van der Waals surface area contributed by atoms with Crippen LogP contribution in [0.15, 0.2) is 12.3 Å². The molecule has 0 saturated heterocycles. The van der Waals surface area contributed by atoms with E-state index in [2.05, 4.69) is 50.0 Å². The van der Waals surface area contributed by atoms with Crippen molar-refractivity contribution in [1.82, 2.24) is 15.1 Å². The van der Waals surface area contributed by atoms with Crippen molar-refractivity contribution in [2.45, 2.75) is 59.4 Å². The summed E-state index contributed by atoms with van der Waals surface area (Å²) in [6.07, 6.45) is 6.72. The lowest BCUT2D eigenvalue weighted by atomic mass is 9.78. The van der Waals surface area contributed by atoms with E-state index in [1.807, 2.05) is 7.05 Å². The Labute approximate surface area is 112 Å². The van der Waals surface area contributed by atoms with E-state index < -0.39 is 0 Å². The van der Waals surface area contributed by atoms with Gasteiger partial charge >= 0.3 is 0 Å². The second-order valence-electron chi connectivity index (χ2n) is 5.46. The van der Waals surface area contributed by atoms with E-state index in [0.29, 0.717) is 11.5 Å². The fourth-order valence-corrected chi connectivity index (χ4v) is 2.48. The molecule has 0 aromatic carbocycles. The molecule has 1 atom stereocenters. The molecule has 1 rings (SSSR count). The summed E-state index contributed by atoms with van der Waals surface area (Å²) < 4.78 is 2.10. The fraction of sp³-hybridized carbons (Fsp3) is 0.800. The van der Waals surface area contributed by atoms with Crippen LogP contribution in [0.4, 0.5) is 0 Å². The molecule has 0 amide bonds. The van der Waals surface area contributed by atoms with Crippen LogP contribution in [0, 0.1) is 5.41 Å². The predicted octanol–water partition coefficient (Wildman–Crippen LogP) is 3.42. The molecule has 0 bridgehead atoms. The highest BCUT2D eigenvalue weighted by Crippen LogP contribution is 2.29. The Morgan fingerprint density at radius 3 is 2.50 bits per heavy atom. The van der Waals surface area contributed by atoms with Crippen molar-refractivity contribution in [2.75, 3.05) is 13.6 Å². The van der Waals surface area contributed by atoms with Gasteiger partial charge in [-0.3, -0.25) is 4.68 Å². The predicted molar refractivity (Wildman–Crippen MR) is 77.9 cm³/mol. The first-order chi connectivity index (χ1) is 8.60. The summed E-state index contributed by atoms with van der Waals surface area (Å²) in [6, 6.07) is 2.68. The quantitative estimate of drug-likeness (QED) is 0.767. The molecule has 104 valence electrons.